The number of nitrogens with zero attached hydrogens (tertiary/aromatic N) is 4. The van der Waals surface area contributed by atoms with Crippen LogP contribution in [0.15, 0.2) is 48.6 Å². The minimum Gasteiger partial charge on any atom is -0.790 e. The van der Waals surface area contributed by atoms with Crippen LogP contribution in [0.4, 0.5) is 5.82 Å². The number of aliphatic hydroxyl groups excluding tert-OH is 2. The molecule has 26 nitrogen and oxygen atoms in total. The third kappa shape index (κ3) is 12.3. The van der Waals surface area contributed by atoms with Crippen LogP contribution < -0.4 is 35.9 Å². The number of nitrogens with two attached hydrogens (primary N) is 1. The molecule has 3 heterocycles. The molecule has 30 heteroatoms. The SMILES string of the molecule is CC(C)(COP(=O)([O-])OP(=O)([O-])OC[C@H]1O[C@@H](n2cnc3c(N)ncnc32)[C@H](O)[C@@H]1OP(=O)([O-])[O-])[C@@H](O)C(=O)NCCC(=O)NCCSC(=O)C1=CC(=O)c2ccccc2C1=O. The van der Waals surface area contributed by atoms with Crippen molar-refractivity contribution in [3.8, 4) is 0 Å². The third-order valence-corrected chi connectivity index (χ3v) is 12.8. The Bertz CT molecular complexity index is 2410. The van der Waals surface area contributed by atoms with Crippen LogP contribution >= 0.6 is 35.2 Å². The fraction of sp³-hybridized carbons (Fsp3) is 0.438. The first-order valence-electron chi connectivity index (χ1n) is 17.8. The average molecular weight is 948 g/mol. The van der Waals surface area contributed by atoms with Crippen molar-refractivity contribution >= 4 is 80.7 Å². The van der Waals surface area contributed by atoms with E-state index in [1.54, 1.807) is 12.1 Å². The maximum absolute atomic E-state index is 12.6. The van der Waals surface area contributed by atoms with Gasteiger partial charge >= 0.3 is 0 Å². The van der Waals surface area contributed by atoms with Gasteiger partial charge in [-0.1, -0.05) is 49.9 Å². The quantitative estimate of drug-likeness (QED) is 0.0432. The number of rotatable bonds is 20. The van der Waals surface area contributed by atoms with Gasteiger partial charge in [-0.15, -0.1) is 0 Å². The van der Waals surface area contributed by atoms with Gasteiger partial charge in [-0.2, -0.15) is 0 Å². The number of anilines is 1. The highest BCUT2D eigenvalue weighted by Gasteiger charge is 2.47. The number of nitrogen functional groups attached to an aromatic ring is 1. The molecule has 2 aromatic heterocycles. The van der Waals surface area contributed by atoms with Crippen molar-refractivity contribution in [2.45, 2.75) is 50.9 Å². The zero-order chi connectivity index (χ0) is 45.8. The largest absolute Gasteiger partial charge is 0.790 e. The third-order valence-electron chi connectivity index (χ3n) is 8.89. The fourth-order valence-corrected chi connectivity index (χ4v) is 9.23. The van der Waals surface area contributed by atoms with Crippen molar-refractivity contribution in [1.82, 2.24) is 30.2 Å². The summed E-state index contributed by atoms with van der Waals surface area (Å²) in [5, 5.41) is 25.5. The smallest absolute Gasteiger partial charge is 0.274 e. The Kier molecular flexibility index (Phi) is 15.5. The molecular weight excluding hydrogens is 911 g/mol. The highest BCUT2D eigenvalue weighted by Crippen LogP contribution is 2.56. The topological polar surface area (TPSA) is 409 Å². The number of hydrogen-bond donors (Lipinski definition) is 5. The van der Waals surface area contributed by atoms with Crippen LogP contribution in [-0.4, -0.2) is 115 Å². The van der Waals surface area contributed by atoms with Crippen molar-refractivity contribution in [1.29, 1.82) is 0 Å². The molecule has 1 saturated heterocycles. The second-order valence-electron chi connectivity index (χ2n) is 13.9. The van der Waals surface area contributed by atoms with E-state index in [0.717, 1.165) is 37.1 Å². The monoisotopic (exact) mass is 947 g/mol. The normalized spacial score (nSPS) is 21.7. The molecule has 2 unspecified atom stereocenters. The van der Waals surface area contributed by atoms with Crippen LogP contribution in [0.5, 0.6) is 0 Å². The zero-order valence-corrected chi connectivity index (χ0v) is 35.6. The molecule has 5 rings (SSSR count). The zero-order valence-electron chi connectivity index (χ0n) is 32.1. The van der Waals surface area contributed by atoms with E-state index in [2.05, 4.69) is 43.5 Å². The molecule has 1 aromatic carbocycles. The van der Waals surface area contributed by atoms with Crippen LogP contribution in [0.2, 0.25) is 0 Å². The number of phosphoric acid groups is 3. The van der Waals surface area contributed by atoms with Gasteiger partial charge in [-0.3, -0.25) is 37.7 Å². The van der Waals surface area contributed by atoms with E-state index in [1.165, 1.54) is 12.1 Å². The van der Waals surface area contributed by atoms with Crippen LogP contribution in [0.1, 0.15) is 47.2 Å². The van der Waals surface area contributed by atoms with Gasteiger partial charge in [0.25, 0.3) is 15.6 Å². The fourth-order valence-electron chi connectivity index (χ4n) is 5.80. The number of nitrogens with one attached hydrogen (secondary N) is 2. The van der Waals surface area contributed by atoms with Gasteiger partial charge in [-0.25, -0.2) is 19.3 Å². The molecular formula is C32H36N7O19P3S-4. The van der Waals surface area contributed by atoms with Gasteiger partial charge < -0.3 is 69.0 Å². The van der Waals surface area contributed by atoms with Gasteiger partial charge in [0.1, 0.15) is 36.3 Å². The number of allylic oxidation sites excluding steroid dienone is 1. The van der Waals surface area contributed by atoms with E-state index in [1.807, 2.05) is 0 Å². The number of imidazole rings is 1. The number of aliphatic hydroxyl groups is 2. The summed E-state index contributed by atoms with van der Waals surface area (Å²) in [7, 11) is -17.7. The molecule has 1 aliphatic carbocycles. The molecule has 2 amide bonds. The van der Waals surface area contributed by atoms with E-state index < -0.39 is 101 Å². The molecule has 1 aliphatic heterocycles. The number of amides is 2. The van der Waals surface area contributed by atoms with Gasteiger partial charge in [0.15, 0.2) is 29.3 Å². The predicted molar refractivity (Wildman–Crippen MR) is 201 cm³/mol. The molecule has 338 valence electrons. The van der Waals surface area contributed by atoms with E-state index in [4.69, 9.17) is 10.5 Å². The Balaban J connectivity index is 1.04. The highest BCUT2D eigenvalue weighted by atomic mass is 32.2. The summed E-state index contributed by atoms with van der Waals surface area (Å²) in [5.74, 6) is -2.79. The Morgan fingerprint density at radius 2 is 1.69 bits per heavy atom. The number of carbonyl (C=O) groups is 5. The Hall–Kier alpha value is -4.14. The molecule has 7 atom stereocenters. The average Bonchev–Trinajstić information content (AvgIpc) is 3.75. The van der Waals surface area contributed by atoms with Gasteiger partial charge in [0.2, 0.25) is 16.9 Å². The van der Waals surface area contributed by atoms with Crippen molar-refractivity contribution < 1.29 is 90.1 Å². The minimum absolute atomic E-state index is 0.0288. The minimum atomic E-state index is -5.95. The lowest BCUT2D eigenvalue weighted by Crippen LogP contribution is -2.46. The molecule has 0 saturated carbocycles. The van der Waals surface area contributed by atoms with Crippen molar-refractivity contribution in [2.75, 3.05) is 37.8 Å². The summed E-state index contributed by atoms with van der Waals surface area (Å²) < 4.78 is 60.6. The van der Waals surface area contributed by atoms with Crippen molar-refractivity contribution in [2.24, 2.45) is 5.41 Å². The lowest BCUT2D eigenvalue weighted by atomic mass is 9.87. The summed E-state index contributed by atoms with van der Waals surface area (Å²) in [4.78, 5) is 122. The van der Waals surface area contributed by atoms with Crippen LogP contribution in [0, 0.1) is 5.41 Å². The second kappa shape index (κ2) is 19.7. The molecule has 62 heavy (non-hydrogen) atoms. The number of carbonyl (C=O) groups excluding carboxylic acids is 5. The molecule has 3 aromatic rings. The molecule has 0 spiro atoms. The number of thioether (sulfide) groups is 1. The summed E-state index contributed by atoms with van der Waals surface area (Å²) >= 11 is 0.704. The van der Waals surface area contributed by atoms with Crippen LogP contribution in [0.25, 0.3) is 11.2 Å². The molecule has 0 bridgehead atoms. The van der Waals surface area contributed by atoms with Gasteiger partial charge in [0, 0.05) is 47.9 Å². The number of hydrogen-bond acceptors (Lipinski definition) is 24. The van der Waals surface area contributed by atoms with E-state index in [-0.39, 0.29) is 58.9 Å². The number of aromatic nitrogens is 4. The lowest BCUT2D eigenvalue weighted by Gasteiger charge is -2.36. The van der Waals surface area contributed by atoms with Crippen LogP contribution in [-0.2, 0) is 50.7 Å². The first-order valence-corrected chi connectivity index (χ1v) is 23.2. The maximum atomic E-state index is 12.6. The molecule has 1 fully saturated rings. The van der Waals surface area contributed by atoms with E-state index >= 15 is 0 Å². The predicted octanol–water partition coefficient (Wildman–Crippen LogP) is -2.86. The number of fused-ring (bicyclic) bond motifs is 2. The number of ether oxygens (including phenoxy) is 1. The molecule has 6 N–H and O–H groups in total. The Morgan fingerprint density at radius 1 is 1.02 bits per heavy atom. The summed E-state index contributed by atoms with van der Waals surface area (Å²) in [6.07, 6.45) is -6.90. The number of phosphoric ester groups is 3. The Labute approximate surface area is 354 Å². The van der Waals surface area contributed by atoms with E-state index in [0.29, 0.717) is 11.8 Å². The highest BCUT2D eigenvalue weighted by molar-refractivity contribution is 8.14. The van der Waals surface area contributed by atoms with E-state index in [9.17, 15) is 67.5 Å². The standard InChI is InChI=1S/C32H40N7O19P3S/c1-32(2,26(44)29(45)35-8-7-21(41)34-9-10-62-31(46)18-11-19(40)16-5-3-4-6-17(16)23(18)42)13-55-61(52,53)58-60(50,51)54-12-20-25(57-59(47,48)49)24(43)30(56-20)39-15-38-22-27(33)36-14-37-28(22)39/h3-6,11,14-15,20,24-26,30,43-44H,7-10,12-13H2,1-2H3,(H,34,41)(H,35,45)(H,50,51)(H,52,53)(H2,33,36,37)(H2,47,48,49)/p-4/t20-,24-,25-,26+,30-/m1/s1. The number of Topliss-reactive ketones (excluding diaryl/α,β-unsaturated/α-hetero) is 1. The molecule has 2 aliphatic rings. The first kappa shape index (κ1) is 48.9. The number of benzene rings is 1. The van der Waals surface area contributed by atoms with Crippen molar-refractivity contribution in [3.05, 3.63) is 59.7 Å². The molecule has 0 radical (unpaired) electrons. The summed E-state index contributed by atoms with van der Waals surface area (Å²) in [6.45, 7) is -0.358. The van der Waals surface area contributed by atoms with Gasteiger partial charge in [-0.05, 0) is 0 Å². The van der Waals surface area contributed by atoms with Gasteiger partial charge in [0.05, 0.1) is 32.9 Å². The maximum Gasteiger partial charge on any atom is 0.274 e. The Morgan fingerprint density at radius 3 is 2.39 bits per heavy atom. The second-order valence-corrected chi connectivity index (χ2v) is 19.0. The lowest BCUT2D eigenvalue weighted by molar-refractivity contribution is -0.347. The first-order chi connectivity index (χ1) is 28.9. The van der Waals surface area contributed by atoms with Crippen molar-refractivity contribution in [3.63, 3.8) is 0 Å². The summed E-state index contributed by atoms with van der Waals surface area (Å²) in [5.41, 5.74) is 3.99. The number of ketones is 2. The van der Waals surface area contributed by atoms with Crippen LogP contribution in [0.3, 0.4) is 0 Å². The summed E-state index contributed by atoms with van der Waals surface area (Å²) in [6, 6.07) is 6.06.